The van der Waals surface area contributed by atoms with E-state index >= 15 is 0 Å². The third-order valence-corrected chi connectivity index (χ3v) is 11.4. The molecule has 0 aromatic carbocycles. The average Bonchev–Trinajstić information content (AvgIpc) is 3.83. The van der Waals surface area contributed by atoms with Gasteiger partial charge in [-0.05, 0) is 113 Å². The molecule has 0 saturated heterocycles. The first-order valence-electron chi connectivity index (χ1n) is 20.3. The van der Waals surface area contributed by atoms with Crippen LogP contribution in [0.4, 0.5) is 48.3 Å². The molecule has 0 amide bonds. The maximum atomic E-state index is 12.5. The fraction of sp³-hybridized carbons (Fsp3) is 1.00. The maximum Gasteiger partial charge on any atom is 0.394 e. The minimum Gasteiger partial charge on any atom is -0.390 e. The van der Waals surface area contributed by atoms with Crippen LogP contribution in [0, 0.1) is 58.2 Å². The second-order valence-electron chi connectivity index (χ2n) is 19.2. The molecule has 1 unspecified atom stereocenters. The van der Waals surface area contributed by atoms with Gasteiger partial charge in [-0.15, -0.1) is 0 Å². The lowest BCUT2D eigenvalue weighted by molar-refractivity contribution is -0.225. The number of hydrogen-bond acceptors (Lipinski definition) is 1. The zero-order valence-electron chi connectivity index (χ0n) is 38.0. The standard InChI is InChI=1S/C7H11F3.C7H13F3.C7H14O.C6H13F.C6H12.C5H9F3.C5H11F.2CH4/c1-5(2)6(3-4-6)7(8,9)10;1-5(2)6(3,4)7(8,9)10;1-6(2)7(8)4-3-5-7;1-5(2)6(3,4)7;1-5(2)6-3-4-6;1-4(2)3-5(6,7)8;1-4(2)5(3)6;;/h5H,3-4H2,1-2H3;5H,1-4H3;6,8H,3-5H2,1-2H3;5H,1-4H3;5-6H,3-4H2,1-2H3;4H,3H2,1-2H3;4-5H,1-3H3;2*1H4. The van der Waals surface area contributed by atoms with E-state index in [9.17, 15) is 53.4 Å². The molecule has 3 fully saturated rings. The summed E-state index contributed by atoms with van der Waals surface area (Å²) in [6.45, 7) is 33.0. The van der Waals surface area contributed by atoms with Gasteiger partial charge in [-0.3, -0.25) is 0 Å². The number of hydrogen-bond donors (Lipinski definition) is 1. The van der Waals surface area contributed by atoms with Gasteiger partial charge in [-0.1, -0.05) is 126 Å². The van der Waals surface area contributed by atoms with Gasteiger partial charge in [0.05, 0.1) is 22.6 Å². The molecule has 0 radical (unpaired) electrons. The maximum absolute atomic E-state index is 12.5. The third-order valence-electron chi connectivity index (χ3n) is 11.4. The molecule has 0 heterocycles. The van der Waals surface area contributed by atoms with Crippen molar-refractivity contribution < 1.29 is 53.4 Å². The van der Waals surface area contributed by atoms with Crippen molar-refractivity contribution in [2.24, 2.45) is 58.2 Å². The Morgan fingerprint density at radius 2 is 0.912 bits per heavy atom. The summed E-state index contributed by atoms with van der Waals surface area (Å²) in [7, 11) is 0. The van der Waals surface area contributed by atoms with Crippen molar-refractivity contribution in [3.8, 4) is 0 Å². The predicted octanol–water partition coefficient (Wildman–Crippen LogP) is 18.1. The van der Waals surface area contributed by atoms with Crippen LogP contribution < -0.4 is 0 Å². The lowest BCUT2D eigenvalue weighted by Gasteiger charge is -2.40. The molecule has 0 aromatic rings. The molecule has 354 valence electrons. The Morgan fingerprint density at radius 3 is 0.912 bits per heavy atom. The Labute approximate surface area is 344 Å². The Hall–Kier alpha value is -0.810. The first kappa shape index (κ1) is 67.9. The minimum atomic E-state index is -4.08. The summed E-state index contributed by atoms with van der Waals surface area (Å²) < 4.78 is 131. The van der Waals surface area contributed by atoms with E-state index in [2.05, 4.69) is 27.7 Å². The van der Waals surface area contributed by atoms with Gasteiger partial charge < -0.3 is 5.11 Å². The molecular weight excluding hydrogens is 765 g/mol. The van der Waals surface area contributed by atoms with Crippen molar-refractivity contribution in [2.45, 2.75) is 234 Å². The first-order chi connectivity index (χ1) is 24.1. The molecule has 1 N–H and O–H groups in total. The molecule has 1 atom stereocenters. The van der Waals surface area contributed by atoms with Gasteiger partial charge in [0.15, 0.2) is 0 Å². The summed E-state index contributed by atoms with van der Waals surface area (Å²) in [5, 5.41) is 9.49. The van der Waals surface area contributed by atoms with Gasteiger partial charge in [0, 0.05) is 6.42 Å². The van der Waals surface area contributed by atoms with Crippen molar-refractivity contribution in [2.75, 3.05) is 0 Å². The second kappa shape index (κ2) is 27.9. The molecule has 0 aliphatic heterocycles. The molecule has 3 aliphatic rings. The molecule has 3 rings (SSSR count). The van der Waals surface area contributed by atoms with Crippen LogP contribution in [-0.4, -0.2) is 41.1 Å². The second-order valence-corrected chi connectivity index (χ2v) is 19.2. The molecular formula is C45H91F11O. The van der Waals surface area contributed by atoms with Crippen molar-refractivity contribution in [3.63, 3.8) is 0 Å². The first-order valence-corrected chi connectivity index (χ1v) is 20.3. The van der Waals surface area contributed by atoms with Crippen molar-refractivity contribution >= 4 is 0 Å². The average molecular weight is 857 g/mol. The van der Waals surface area contributed by atoms with E-state index in [1.54, 1.807) is 62.3 Å². The highest BCUT2D eigenvalue weighted by Gasteiger charge is 2.64. The van der Waals surface area contributed by atoms with Crippen LogP contribution in [0.1, 0.15) is 198 Å². The van der Waals surface area contributed by atoms with E-state index in [1.165, 1.54) is 33.1 Å². The minimum absolute atomic E-state index is 0. The van der Waals surface area contributed by atoms with E-state index in [-0.39, 0.29) is 50.0 Å². The van der Waals surface area contributed by atoms with Crippen LogP contribution in [0.3, 0.4) is 0 Å². The normalized spacial score (nSPS) is 17.6. The zero-order valence-corrected chi connectivity index (χ0v) is 38.0. The largest absolute Gasteiger partial charge is 0.394 e. The smallest absolute Gasteiger partial charge is 0.390 e. The number of alkyl halides is 11. The van der Waals surface area contributed by atoms with Crippen LogP contribution in [-0.2, 0) is 0 Å². The summed E-state index contributed by atoms with van der Waals surface area (Å²) >= 11 is 0. The zero-order chi connectivity index (χ0) is 45.4. The molecule has 0 spiro atoms. The summed E-state index contributed by atoms with van der Waals surface area (Å²) in [4.78, 5) is 0. The van der Waals surface area contributed by atoms with Crippen LogP contribution in [0.5, 0.6) is 0 Å². The molecule has 1 nitrogen and oxygen atoms in total. The van der Waals surface area contributed by atoms with E-state index in [0.29, 0.717) is 18.8 Å². The molecule has 3 aliphatic carbocycles. The fourth-order valence-electron chi connectivity index (χ4n) is 3.99. The van der Waals surface area contributed by atoms with Gasteiger partial charge in [-0.2, -0.15) is 39.5 Å². The van der Waals surface area contributed by atoms with Gasteiger partial charge in [0.2, 0.25) is 0 Å². The quantitative estimate of drug-likeness (QED) is 0.253. The highest BCUT2D eigenvalue weighted by molar-refractivity contribution is 5.01. The molecule has 0 bridgehead atoms. The lowest BCUT2D eigenvalue weighted by atomic mass is 9.73. The van der Waals surface area contributed by atoms with E-state index in [1.807, 2.05) is 27.7 Å². The van der Waals surface area contributed by atoms with Crippen molar-refractivity contribution in [3.05, 3.63) is 0 Å². The van der Waals surface area contributed by atoms with Gasteiger partial charge in [0.1, 0.15) is 5.67 Å². The Bertz CT molecular complexity index is 904. The van der Waals surface area contributed by atoms with Gasteiger partial charge >= 0.3 is 18.5 Å². The van der Waals surface area contributed by atoms with Crippen molar-refractivity contribution in [1.29, 1.82) is 0 Å². The lowest BCUT2D eigenvalue weighted by Crippen LogP contribution is -2.41. The summed E-state index contributed by atoms with van der Waals surface area (Å²) in [5.74, 6) is 1.93. The summed E-state index contributed by atoms with van der Waals surface area (Å²) in [6.07, 6.45) is -6.45. The topological polar surface area (TPSA) is 20.2 Å². The summed E-state index contributed by atoms with van der Waals surface area (Å²) in [6, 6.07) is 0. The fourth-order valence-corrected chi connectivity index (χ4v) is 3.99. The van der Waals surface area contributed by atoms with E-state index in [0.717, 1.165) is 24.7 Å². The highest BCUT2D eigenvalue weighted by atomic mass is 19.4. The summed E-state index contributed by atoms with van der Waals surface area (Å²) in [5.41, 5.74) is -4.15. The number of halogens is 11. The predicted molar refractivity (Wildman–Crippen MR) is 223 cm³/mol. The van der Waals surface area contributed by atoms with Crippen LogP contribution in [0.2, 0.25) is 0 Å². The number of aliphatic hydroxyl groups is 1. The molecule has 57 heavy (non-hydrogen) atoms. The van der Waals surface area contributed by atoms with Crippen LogP contribution in [0.15, 0.2) is 0 Å². The molecule has 0 aromatic heterocycles. The van der Waals surface area contributed by atoms with Gasteiger partial charge in [-0.25, -0.2) is 8.78 Å². The Kier molecular flexibility index (Phi) is 33.3. The Balaban J connectivity index is -0.000000133. The molecule has 12 heteroatoms. The van der Waals surface area contributed by atoms with E-state index < -0.39 is 47.6 Å². The Morgan fingerprint density at radius 1 is 0.579 bits per heavy atom. The highest BCUT2D eigenvalue weighted by Crippen LogP contribution is 2.62. The van der Waals surface area contributed by atoms with E-state index in [4.69, 9.17) is 0 Å². The van der Waals surface area contributed by atoms with Crippen molar-refractivity contribution in [1.82, 2.24) is 0 Å². The molecule has 3 saturated carbocycles. The monoisotopic (exact) mass is 857 g/mol. The van der Waals surface area contributed by atoms with Gasteiger partial charge in [0.25, 0.3) is 0 Å². The number of rotatable bonds is 7. The van der Waals surface area contributed by atoms with Crippen LogP contribution in [0.25, 0.3) is 0 Å². The van der Waals surface area contributed by atoms with Crippen LogP contribution >= 0.6 is 0 Å². The third kappa shape index (κ3) is 31.7. The SMILES string of the molecule is C.C.CC(C)C(C)(C)C(F)(F)F.CC(C)C(C)(C)F.CC(C)C(C)F.CC(C)C1(C(F)(F)F)CC1.CC(C)C1(O)CCC1.CC(C)C1CC1.CC(C)CC(F)(F)F.